The Kier molecular flexibility index (Phi) is 2.32. The van der Waals surface area contributed by atoms with Gasteiger partial charge < -0.3 is 5.32 Å². The first-order valence-corrected chi connectivity index (χ1v) is 7.91. The van der Waals surface area contributed by atoms with Crippen molar-refractivity contribution in [2.24, 2.45) is 11.8 Å². The molecule has 86 valence electrons. The molecule has 2 bridgehead atoms. The van der Waals surface area contributed by atoms with Gasteiger partial charge in [-0.25, -0.2) is 8.42 Å². The summed E-state index contributed by atoms with van der Waals surface area (Å²) in [6.45, 7) is 0. The first-order chi connectivity index (χ1) is 7.12. The van der Waals surface area contributed by atoms with Gasteiger partial charge in [-0.15, -0.1) is 0 Å². The Morgan fingerprint density at radius 1 is 1.07 bits per heavy atom. The summed E-state index contributed by atoms with van der Waals surface area (Å²) in [5.74, 6) is 2.55. The van der Waals surface area contributed by atoms with E-state index in [4.69, 9.17) is 0 Å². The molecule has 0 amide bonds. The lowest BCUT2D eigenvalue weighted by atomic mass is 9.94. The summed E-state index contributed by atoms with van der Waals surface area (Å²) < 4.78 is 22.7. The molecule has 4 heteroatoms. The van der Waals surface area contributed by atoms with Crippen molar-refractivity contribution >= 4 is 9.84 Å². The molecule has 3 rings (SSSR count). The van der Waals surface area contributed by atoms with Crippen LogP contribution in [-0.4, -0.2) is 32.0 Å². The van der Waals surface area contributed by atoms with Crippen LogP contribution in [0.5, 0.6) is 0 Å². The number of fused-ring (bicyclic) bond motifs is 2. The maximum Gasteiger partial charge on any atom is 0.151 e. The molecule has 3 aliphatic rings. The van der Waals surface area contributed by atoms with Gasteiger partial charge in [0.25, 0.3) is 0 Å². The van der Waals surface area contributed by atoms with Gasteiger partial charge in [-0.05, 0) is 37.5 Å². The molecule has 1 saturated heterocycles. The fraction of sp³-hybridized carbons (Fsp3) is 1.00. The Balaban J connectivity index is 1.58. The van der Waals surface area contributed by atoms with Crippen LogP contribution in [0.15, 0.2) is 0 Å². The molecule has 2 aliphatic carbocycles. The maximum absolute atomic E-state index is 11.3. The quantitative estimate of drug-likeness (QED) is 0.767. The summed E-state index contributed by atoms with van der Waals surface area (Å²) in [6, 6.07) is 0.876. The van der Waals surface area contributed by atoms with E-state index in [1.54, 1.807) is 0 Å². The molecule has 4 atom stereocenters. The summed E-state index contributed by atoms with van der Waals surface area (Å²) in [7, 11) is -2.71. The van der Waals surface area contributed by atoms with E-state index >= 15 is 0 Å². The zero-order valence-corrected chi connectivity index (χ0v) is 9.80. The number of hydrogen-bond acceptors (Lipinski definition) is 3. The average molecular weight is 229 g/mol. The molecule has 4 unspecified atom stereocenters. The van der Waals surface area contributed by atoms with Crippen LogP contribution in [0.1, 0.15) is 32.1 Å². The van der Waals surface area contributed by atoms with Gasteiger partial charge in [-0.1, -0.05) is 6.42 Å². The van der Waals surface area contributed by atoms with Gasteiger partial charge in [0, 0.05) is 12.1 Å². The summed E-state index contributed by atoms with van der Waals surface area (Å²) in [5.41, 5.74) is 0. The number of sulfone groups is 1. The summed E-state index contributed by atoms with van der Waals surface area (Å²) in [4.78, 5) is 0. The van der Waals surface area contributed by atoms with Crippen LogP contribution in [0.3, 0.4) is 0 Å². The van der Waals surface area contributed by atoms with E-state index in [0.717, 1.165) is 18.3 Å². The van der Waals surface area contributed by atoms with Crippen molar-refractivity contribution in [2.75, 3.05) is 11.5 Å². The standard InChI is InChI=1S/C11H19NO2S/c13-15(14)4-3-10(7-15)12-11-6-8-1-2-9(11)5-8/h8-12H,1-7H2. The third-order valence-corrected chi connectivity index (χ3v) is 6.19. The Labute approximate surface area is 91.5 Å². The minimum atomic E-state index is -2.71. The van der Waals surface area contributed by atoms with Gasteiger partial charge in [0.05, 0.1) is 11.5 Å². The molecular weight excluding hydrogens is 210 g/mol. The lowest BCUT2D eigenvalue weighted by Crippen LogP contribution is -2.41. The molecule has 3 fully saturated rings. The molecule has 1 aliphatic heterocycles. The van der Waals surface area contributed by atoms with E-state index in [9.17, 15) is 8.42 Å². The minimum absolute atomic E-state index is 0.249. The molecule has 1 heterocycles. The number of rotatable bonds is 2. The van der Waals surface area contributed by atoms with Crippen molar-refractivity contribution in [1.29, 1.82) is 0 Å². The second kappa shape index (κ2) is 3.45. The Morgan fingerprint density at radius 3 is 2.47 bits per heavy atom. The first-order valence-electron chi connectivity index (χ1n) is 6.09. The van der Waals surface area contributed by atoms with Crippen LogP contribution >= 0.6 is 0 Å². The van der Waals surface area contributed by atoms with E-state index in [1.165, 1.54) is 25.7 Å². The molecule has 0 radical (unpaired) electrons. The Hall–Kier alpha value is -0.0900. The first kappa shape index (κ1) is 10.1. The van der Waals surface area contributed by atoms with Gasteiger partial charge in [0.15, 0.2) is 9.84 Å². The van der Waals surface area contributed by atoms with Gasteiger partial charge >= 0.3 is 0 Å². The van der Waals surface area contributed by atoms with E-state index in [2.05, 4.69) is 5.32 Å². The molecular formula is C11H19NO2S. The summed E-state index contributed by atoms with van der Waals surface area (Å²) >= 11 is 0. The van der Waals surface area contributed by atoms with Gasteiger partial charge in [-0.3, -0.25) is 0 Å². The van der Waals surface area contributed by atoms with Crippen LogP contribution in [0.2, 0.25) is 0 Å². The monoisotopic (exact) mass is 229 g/mol. The summed E-state index contributed by atoms with van der Waals surface area (Å²) in [5, 5.41) is 3.59. The average Bonchev–Trinajstić information content (AvgIpc) is 2.81. The molecule has 0 aromatic carbocycles. The third kappa shape index (κ3) is 1.94. The fourth-order valence-corrected chi connectivity index (χ4v) is 5.36. The van der Waals surface area contributed by atoms with Gasteiger partial charge in [0.2, 0.25) is 0 Å². The van der Waals surface area contributed by atoms with Crippen molar-refractivity contribution in [3.63, 3.8) is 0 Å². The zero-order valence-electron chi connectivity index (χ0n) is 8.98. The van der Waals surface area contributed by atoms with E-state index in [0.29, 0.717) is 17.5 Å². The lowest BCUT2D eigenvalue weighted by Gasteiger charge is -2.25. The molecule has 15 heavy (non-hydrogen) atoms. The molecule has 1 N–H and O–H groups in total. The van der Waals surface area contributed by atoms with Crippen LogP contribution in [0.25, 0.3) is 0 Å². The topological polar surface area (TPSA) is 46.2 Å². The van der Waals surface area contributed by atoms with E-state index in [1.807, 2.05) is 0 Å². The van der Waals surface area contributed by atoms with Gasteiger partial charge in [-0.2, -0.15) is 0 Å². The highest BCUT2D eigenvalue weighted by molar-refractivity contribution is 7.91. The van der Waals surface area contributed by atoms with Crippen molar-refractivity contribution in [3.8, 4) is 0 Å². The van der Waals surface area contributed by atoms with Crippen molar-refractivity contribution in [1.82, 2.24) is 5.32 Å². The van der Waals surface area contributed by atoms with Crippen molar-refractivity contribution in [3.05, 3.63) is 0 Å². The smallest absolute Gasteiger partial charge is 0.151 e. The predicted octanol–water partition coefficient (Wildman–Crippen LogP) is 0.952. The second-order valence-corrected chi connectivity index (χ2v) is 7.78. The molecule has 2 saturated carbocycles. The lowest BCUT2D eigenvalue weighted by molar-refractivity contribution is 0.326. The van der Waals surface area contributed by atoms with Crippen LogP contribution in [-0.2, 0) is 9.84 Å². The highest BCUT2D eigenvalue weighted by atomic mass is 32.2. The normalized spacial score (nSPS) is 47.5. The molecule has 0 spiro atoms. The molecule has 3 nitrogen and oxygen atoms in total. The fourth-order valence-electron chi connectivity index (χ4n) is 3.68. The predicted molar refractivity (Wildman–Crippen MR) is 59.4 cm³/mol. The maximum atomic E-state index is 11.3. The number of nitrogens with one attached hydrogen (secondary N) is 1. The highest BCUT2D eigenvalue weighted by Crippen LogP contribution is 2.44. The van der Waals surface area contributed by atoms with E-state index in [-0.39, 0.29) is 6.04 Å². The van der Waals surface area contributed by atoms with Crippen molar-refractivity contribution < 1.29 is 8.42 Å². The molecule has 0 aromatic rings. The van der Waals surface area contributed by atoms with Gasteiger partial charge in [0.1, 0.15) is 0 Å². The van der Waals surface area contributed by atoms with Crippen LogP contribution < -0.4 is 5.32 Å². The number of hydrogen-bond donors (Lipinski definition) is 1. The third-order valence-electron chi connectivity index (χ3n) is 4.42. The molecule has 0 aromatic heterocycles. The Morgan fingerprint density at radius 2 is 1.93 bits per heavy atom. The minimum Gasteiger partial charge on any atom is -0.310 e. The van der Waals surface area contributed by atoms with Crippen molar-refractivity contribution in [2.45, 2.75) is 44.2 Å². The highest BCUT2D eigenvalue weighted by Gasteiger charge is 2.41. The van der Waals surface area contributed by atoms with E-state index < -0.39 is 9.84 Å². The second-order valence-electron chi connectivity index (χ2n) is 5.55. The Bertz CT molecular complexity index is 352. The largest absolute Gasteiger partial charge is 0.310 e. The SMILES string of the molecule is O=S1(=O)CCC(NC2CC3CCC2C3)C1. The zero-order chi connectivity index (χ0) is 10.5. The van der Waals surface area contributed by atoms with Crippen LogP contribution in [0, 0.1) is 11.8 Å². The summed E-state index contributed by atoms with van der Waals surface area (Å²) in [6.07, 6.45) is 6.28. The van der Waals surface area contributed by atoms with Crippen LogP contribution in [0.4, 0.5) is 0 Å².